The average molecular weight is 320 g/mol. The lowest BCUT2D eigenvalue weighted by Gasteiger charge is -1.99. The van der Waals surface area contributed by atoms with E-state index in [1.165, 1.54) is 18.2 Å². The van der Waals surface area contributed by atoms with Crippen molar-refractivity contribution in [2.24, 2.45) is 0 Å². The Morgan fingerprint density at radius 3 is 2.29 bits per heavy atom. The van der Waals surface area contributed by atoms with Gasteiger partial charge in [0.1, 0.15) is 11.6 Å². The first-order valence-corrected chi connectivity index (χ1v) is 6.57. The molecule has 0 radical (unpaired) electrons. The van der Waals surface area contributed by atoms with Gasteiger partial charge in [0.2, 0.25) is 11.4 Å². The Labute approximate surface area is 137 Å². The van der Waals surface area contributed by atoms with E-state index in [1.807, 2.05) is 6.07 Å². The summed E-state index contributed by atoms with van der Waals surface area (Å²) in [7, 11) is 0. The summed E-state index contributed by atoms with van der Waals surface area (Å²) in [5.41, 5.74) is 6.60. The summed E-state index contributed by atoms with van der Waals surface area (Å²) in [6.07, 6.45) is 6.79. The number of nitrogens with two attached hydrogens (primary N) is 1. The molecule has 3 aromatic rings. The second-order valence-corrected chi connectivity index (χ2v) is 4.63. The summed E-state index contributed by atoms with van der Waals surface area (Å²) in [5.74, 6) is 1.15. The van der Waals surface area contributed by atoms with E-state index in [2.05, 4.69) is 20.6 Å². The molecule has 0 fully saturated rings. The zero-order valence-corrected chi connectivity index (χ0v) is 12.3. The standard InChI is InChI=1S/2C9H5FN2/c1-11-9-4-6-2-3-12-8(6)5-7(9)10;1-3-6-4-9(12-2)7(10)5-8(6)11/h2-5,12H;1,4-5H,11H2. The van der Waals surface area contributed by atoms with Gasteiger partial charge in [-0.1, -0.05) is 5.92 Å². The number of rotatable bonds is 0. The monoisotopic (exact) mass is 320 g/mol. The second-order valence-electron chi connectivity index (χ2n) is 4.63. The summed E-state index contributed by atoms with van der Waals surface area (Å²) in [4.78, 5) is 8.87. The van der Waals surface area contributed by atoms with Crippen LogP contribution in [0.3, 0.4) is 0 Å². The number of nitrogen functional groups attached to an aromatic ring is 1. The van der Waals surface area contributed by atoms with Crippen LogP contribution in [-0.4, -0.2) is 4.98 Å². The van der Waals surface area contributed by atoms with E-state index < -0.39 is 11.6 Å². The highest BCUT2D eigenvalue weighted by atomic mass is 19.1. The van der Waals surface area contributed by atoms with Crippen LogP contribution in [0.15, 0.2) is 36.5 Å². The van der Waals surface area contributed by atoms with Gasteiger partial charge in [-0.3, -0.25) is 0 Å². The third-order valence-corrected chi connectivity index (χ3v) is 3.14. The van der Waals surface area contributed by atoms with E-state index in [4.69, 9.17) is 25.3 Å². The van der Waals surface area contributed by atoms with Crippen molar-refractivity contribution in [3.63, 3.8) is 0 Å². The summed E-state index contributed by atoms with van der Waals surface area (Å²) in [6.45, 7) is 13.3. The van der Waals surface area contributed by atoms with Gasteiger partial charge in [0, 0.05) is 23.0 Å². The predicted molar refractivity (Wildman–Crippen MR) is 89.5 cm³/mol. The van der Waals surface area contributed by atoms with Crippen LogP contribution in [0.1, 0.15) is 5.56 Å². The molecule has 3 N–H and O–H groups in total. The van der Waals surface area contributed by atoms with Crippen molar-refractivity contribution < 1.29 is 8.78 Å². The van der Waals surface area contributed by atoms with E-state index in [9.17, 15) is 8.78 Å². The second kappa shape index (κ2) is 6.96. The number of aromatic amines is 1. The first kappa shape index (κ1) is 16.5. The summed E-state index contributed by atoms with van der Waals surface area (Å²) < 4.78 is 25.8. The lowest BCUT2D eigenvalue weighted by molar-refractivity contribution is 0.634. The van der Waals surface area contributed by atoms with Gasteiger partial charge in [0.25, 0.3) is 0 Å². The first-order valence-electron chi connectivity index (χ1n) is 6.57. The number of halogens is 2. The third kappa shape index (κ3) is 3.32. The molecule has 2 aromatic carbocycles. The van der Waals surface area contributed by atoms with Crippen molar-refractivity contribution in [3.8, 4) is 12.3 Å². The SMILES string of the molecule is [C-]#[N+]c1cc(C#C)c(N)cc1F.[C-]#[N+]c1cc2cc[nH]c2cc1F. The number of nitrogens with one attached hydrogen (secondary N) is 1. The quantitative estimate of drug-likeness (QED) is 0.349. The lowest BCUT2D eigenvalue weighted by Crippen LogP contribution is -1.91. The molecule has 0 aliphatic carbocycles. The highest BCUT2D eigenvalue weighted by Gasteiger charge is 2.05. The summed E-state index contributed by atoms with van der Waals surface area (Å²) in [6, 6.07) is 7.00. The van der Waals surface area contributed by atoms with Gasteiger partial charge in [0.15, 0.2) is 0 Å². The molecule has 3 rings (SSSR count). The number of terminal acetylenes is 1. The topological polar surface area (TPSA) is 50.5 Å². The molecular weight excluding hydrogens is 310 g/mol. The molecule has 0 bridgehead atoms. The normalized spacial score (nSPS) is 9.29. The zero-order valence-electron chi connectivity index (χ0n) is 12.3. The number of nitrogens with zero attached hydrogens (tertiary/aromatic N) is 2. The van der Waals surface area contributed by atoms with Gasteiger partial charge in [-0.2, -0.15) is 0 Å². The Hall–Kier alpha value is -3.82. The number of hydrogen-bond donors (Lipinski definition) is 2. The van der Waals surface area contributed by atoms with Crippen molar-refractivity contribution in [1.82, 2.24) is 4.98 Å². The lowest BCUT2D eigenvalue weighted by atomic mass is 10.1. The van der Waals surface area contributed by atoms with Gasteiger partial charge in [-0.05, 0) is 35.7 Å². The summed E-state index contributed by atoms with van der Waals surface area (Å²) in [5, 5.41) is 0.863. The van der Waals surface area contributed by atoms with Gasteiger partial charge in [0.05, 0.1) is 13.1 Å². The van der Waals surface area contributed by atoms with Gasteiger partial charge in [-0.15, -0.1) is 6.42 Å². The molecule has 0 atom stereocenters. The Kier molecular flexibility index (Phi) is 4.80. The molecule has 4 nitrogen and oxygen atoms in total. The van der Waals surface area contributed by atoms with Crippen LogP contribution in [0.4, 0.5) is 25.8 Å². The number of benzene rings is 2. The number of aromatic nitrogens is 1. The Balaban J connectivity index is 0.000000174. The molecule has 6 heteroatoms. The molecular formula is C18H10F2N4. The smallest absolute Gasteiger partial charge is 0.223 e. The van der Waals surface area contributed by atoms with Crippen LogP contribution in [0.2, 0.25) is 0 Å². The van der Waals surface area contributed by atoms with Crippen LogP contribution >= 0.6 is 0 Å². The first-order chi connectivity index (χ1) is 11.5. The van der Waals surface area contributed by atoms with Gasteiger partial charge < -0.3 is 10.7 Å². The van der Waals surface area contributed by atoms with E-state index in [1.54, 1.807) is 6.20 Å². The molecule has 0 aliphatic heterocycles. The van der Waals surface area contributed by atoms with Crippen LogP contribution in [0.5, 0.6) is 0 Å². The maximum Gasteiger partial charge on any atom is 0.223 e. The molecule has 0 spiro atoms. The Bertz CT molecular complexity index is 995. The van der Waals surface area contributed by atoms with Crippen molar-refractivity contribution in [2.45, 2.75) is 0 Å². The minimum Gasteiger partial charge on any atom is -0.398 e. The van der Waals surface area contributed by atoms with E-state index in [-0.39, 0.29) is 17.1 Å². The van der Waals surface area contributed by atoms with Crippen LogP contribution in [0.25, 0.3) is 20.6 Å². The summed E-state index contributed by atoms with van der Waals surface area (Å²) >= 11 is 0. The maximum atomic E-state index is 13.0. The maximum absolute atomic E-state index is 13.0. The van der Waals surface area contributed by atoms with Crippen LogP contribution < -0.4 is 5.73 Å². The van der Waals surface area contributed by atoms with Crippen molar-refractivity contribution in [1.29, 1.82) is 0 Å². The highest BCUT2D eigenvalue weighted by Crippen LogP contribution is 2.24. The molecule has 116 valence electrons. The molecule has 0 unspecified atom stereocenters. The van der Waals surface area contributed by atoms with Crippen LogP contribution in [-0.2, 0) is 0 Å². The number of H-pyrrole nitrogens is 1. The highest BCUT2D eigenvalue weighted by molar-refractivity contribution is 5.83. The third-order valence-electron chi connectivity index (χ3n) is 3.14. The molecule has 24 heavy (non-hydrogen) atoms. The fourth-order valence-electron chi connectivity index (χ4n) is 1.94. The van der Waals surface area contributed by atoms with E-state index in [0.29, 0.717) is 5.56 Å². The molecule has 1 heterocycles. The number of fused-ring (bicyclic) bond motifs is 1. The van der Waals surface area contributed by atoms with Crippen LogP contribution in [0, 0.1) is 37.1 Å². The van der Waals surface area contributed by atoms with Crippen molar-refractivity contribution >= 4 is 28.0 Å². The van der Waals surface area contributed by atoms with E-state index >= 15 is 0 Å². The van der Waals surface area contributed by atoms with Gasteiger partial charge in [-0.25, -0.2) is 18.5 Å². The fraction of sp³-hybridized carbons (Fsp3) is 0. The minimum atomic E-state index is -0.637. The average Bonchev–Trinajstić information content (AvgIpc) is 3.02. The number of hydrogen-bond acceptors (Lipinski definition) is 1. The fourth-order valence-corrected chi connectivity index (χ4v) is 1.94. The van der Waals surface area contributed by atoms with Crippen molar-refractivity contribution in [3.05, 3.63) is 76.6 Å². The largest absolute Gasteiger partial charge is 0.398 e. The molecule has 0 saturated carbocycles. The van der Waals surface area contributed by atoms with E-state index in [0.717, 1.165) is 17.0 Å². The van der Waals surface area contributed by atoms with Crippen molar-refractivity contribution in [2.75, 3.05) is 5.73 Å². The Morgan fingerprint density at radius 1 is 1.04 bits per heavy atom. The molecule has 0 saturated heterocycles. The minimum absolute atomic E-state index is 0.0714. The number of anilines is 1. The zero-order chi connectivity index (χ0) is 17.7. The predicted octanol–water partition coefficient (Wildman–Crippen LogP) is 4.80. The molecule has 0 aliphatic rings. The Morgan fingerprint density at radius 2 is 1.67 bits per heavy atom. The van der Waals surface area contributed by atoms with Gasteiger partial charge >= 0.3 is 0 Å². The molecule has 0 amide bonds. The molecule has 1 aromatic heterocycles.